The fraction of sp³-hybridized carbons (Fsp3) is 0.370. The molecule has 0 unspecified atom stereocenters. The number of imidazole rings is 1. The van der Waals surface area contributed by atoms with Gasteiger partial charge in [-0.05, 0) is 57.0 Å². The molecular formula is C27H31N5O5S. The van der Waals surface area contributed by atoms with Gasteiger partial charge in [0.1, 0.15) is 17.3 Å². The van der Waals surface area contributed by atoms with Gasteiger partial charge in [-0.25, -0.2) is 17.9 Å². The van der Waals surface area contributed by atoms with Gasteiger partial charge in [-0.1, -0.05) is 31.7 Å². The molecule has 0 amide bonds. The number of hydrogen-bond acceptors (Lipinski definition) is 7. The Kier molecular flexibility index (Phi) is 7.11. The summed E-state index contributed by atoms with van der Waals surface area (Å²) in [6.45, 7) is 3.96. The Morgan fingerprint density at radius 1 is 1.13 bits per heavy atom. The van der Waals surface area contributed by atoms with Crippen LogP contribution in [-0.4, -0.2) is 39.7 Å². The molecular weight excluding hydrogens is 506 g/mol. The van der Waals surface area contributed by atoms with Gasteiger partial charge >= 0.3 is 0 Å². The number of nitrogens with zero attached hydrogens (tertiary/aromatic N) is 3. The number of phenolic OH excluding ortho intramolecular Hbond substituents is 1. The first-order chi connectivity index (χ1) is 18.3. The second-order valence-corrected chi connectivity index (χ2v) is 11.2. The first-order valence-corrected chi connectivity index (χ1v) is 14.3. The Hall–Kier alpha value is -3.86. The Bertz CT molecular complexity index is 1640. The fourth-order valence-electron chi connectivity index (χ4n) is 5.04. The maximum absolute atomic E-state index is 13.2. The number of nitrogens with one attached hydrogen (secondary N) is 2. The average Bonchev–Trinajstić information content (AvgIpc) is 3.03. The minimum Gasteiger partial charge on any atom is -0.508 e. The lowest BCUT2D eigenvalue weighted by Crippen LogP contribution is -2.17. The Morgan fingerprint density at radius 2 is 1.89 bits per heavy atom. The van der Waals surface area contributed by atoms with E-state index in [4.69, 9.17) is 14.8 Å². The number of anilines is 1. The molecule has 4 aromatic rings. The molecule has 0 aliphatic heterocycles. The lowest BCUT2D eigenvalue weighted by atomic mass is 10.00. The van der Waals surface area contributed by atoms with Crippen molar-refractivity contribution in [1.29, 1.82) is 0 Å². The monoisotopic (exact) mass is 537 g/mol. The van der Waals surface area contributed by atoms with Crippen LogP contribution in [-0.2, 0) is 10.0 Å². The zero-order valence-corrected chi connectivity index (χ0v) is 22.2. The summed E-state index contributed by atoms with van der Waals surface area (Å²) >= 11 is 0. The van der Waals surface area contributed by atoms with Crippen molar-refractivity contribution in [2.75, 3.05) is 11.3 Å². The van der Waals surface area contributed by atoms with Crippen molar-refractivity contribution < 1.29 is 18.3 Å². The molecule has 0 spiro atoms. The first-order valence-electron chi connectivity index (χ1n) is 12.9. The molecule has 10 nitrogen and oxygen atoms in total. The third-order valence-corrected chi connectivity index (χ3v) is 8.21. The number of sulfonamides is 1. The van der Waals surface area contributed by atoms with Gasteiger partial charge in [0.2, 0.25) is 0 Å². The highest BCUT2D eigenvalue weighted by molar-refractivity contribution is 7.92. The SMILES string of the molecule is CCOc1ccc(S(=O)(=O)Nc2cccc(O)c2)cc1-c1nn2c(C3CCCCCC3)nc(C)c2c(=O)[nH]1. The lowest BCUT2D eigenvalue weighted by molar-refractivity contribution is 0.341. The van der Waals surface area contributed by atoms with Crippen LogP contribution in [0.3, 0.4) is 0 Å². The van der Waals surface area contributed by atoms with Crippen molar-refractivity contribution in [1.82, 2.24) is 19.6 Å². The van der Waals surface area contributed by atoms with Gasteiger partial charge in [0.15, 0.2) is 11.3 Å². The second-order valence-electron chi connectivity index (χ2n) is 9.55. The van der Waals surface area contributed by atoms with Crippen LogP contribution in [0.15, 0.2) is 52.2 Å². The molecule has 1 aliphatic rings. The predicted octanol–water partition coefficient (Wildman–Crippen LogP) is 4.74. The topological polar surface area (TPSA) is 139 Å². The summed E-state index contributed by atoms with van der Waals surface area (Å²) in [7, 11) is -4.03. The highest BCUT2D eigenvalue weighted by Gasteiger charge is 2.25. The van der Waals surface area contributed by atoms with Crippen LogP contribution < -0.4 is 15.0 Å². The van der Waals surface area contributed by atoms with Crippen LogP contribution in [0.5, 0.6) is 11.5 Å². The van der Waals surface area contributed by atoms with E-state index in [1.54, 1.807) is 23.6 Å². The highest BCUT2D eigenvalue weighted by Crippen LogP contribution is 2.34. The third-order valence-electron chi connectivity index (χ3n) is 6.84. The van der Waals surface area contributed by atoms with Crippen LogP contribution in [0.1, 0.15) is 62.9 Å². The minimum absolute atomic E-state index is 0.0483. The van der Waals surface area contributed by atoms with Crippen molar-refractivity contribution >= 4 is 21.2 Å². The average molecular weight is 538 g/mol. The van der Waals surface area contributed by atoms with E-state index in [1.165, 1.54) is 43.2 Å². The van der Waals surface area contributed by atoms with Gasteiger partial charge in [0, 0.05) is 12.0 Å². The maximum Gasteiger partial charge on any atom is 0.277 e. The molecule has 2 heterocycles. The number of hydrogen-bond donors (Lipinski definition) is 3. The van der Waals surface area contributed by atoms with Crippen LogP contribution in [0.25, 0.3) is 16.9 Å². The van der Waals surface area contributed by atoms with E-state index in [0.29, 0.717) is 29.1 Å². The number of phenols is 1. The number of aryl methyl sites for hydroxylation is 1. The predicted molar refractivity (Wildman–Crippen MR) is 144 cm³/mol. The largest absolute Gasteiger partial charge is 0.508 e. The molecule has 0 saturated heterocycles. The molecule has 5 rings (SSSR count). The molecule has 0 radical (unpaired) electrons. The molecule has 0 atom stereocenters. The van der Waals surface area contributed by atoms with Gasteiger partial charge in [0.25, 0.3) is 15.6 Å². The van der Waals surface area contributed by atoms with E-state index in [9.17, 15) is 18.3 Å². The maximum atomic E-state index is 13.2. The summed E-state index contributed by atoms with van der Waals surface area (Å²) in [5.41, 5.74) is 1.20. The summed E-state index contributed by atoms with van der Waals surface area (Å²) in [5, 5.41) is 14.5. The van der Waals surface area contributed by atoms with E-state index in [-0.39, 0.29) is 33.6 Å². The fourth-order valence-corrected chi connectivity index (χ4v) is 6.12. The van der Waals surface area contributed by atoms with Crippen LogP contribution >= 0.6 is 0 Å². The van der Waals surface area contributed by atoms with E-state index in [1.807, 2.05) is 6.92 Å². The van der Waals surface area contributed by atoms with Crippen molar-refractivity contribution in [3.63, 3.8) is 0 Å². The Balaban J connectivity index is 1.62. The summed E-state index contributed by atoms with van der Waals surface area (Å²) in [6, 6.07) is 10.2. The zero-order valence-electron chi connectivity index (χ0n) is 21.4. The molecule has 11 heteroatoms. The van der Waals surface area contributed by atoms with Crippen molar-refractivity contribution in [2.45, 2.75) is 63.2 Å². The lowest BCUT2D eigenvalue weighted by Gasteiger charge is -2.15. The first kappa shape index (κ1) is 25.8. The molecule has 1 fully saturated rings. The normalized spacial score (nSPS) is 14.9. The summed E-state index contributed by atoms with van der Waals surface area (Å²) in [5.74, 6) is 1.48. The van der Waals surface area contributed by atoms with Gasteiger partial charge in [-0.2, -0.15) is 0 Å². The standard InChI is InChI=1S/C27H31N5O5S/c1-3-37-23-14-13-21(38(35,36)31-19-11-8-12-20(33)15-19)16-22(23)25-29-27(34)24-17(2)28-26(32(24)30-25)18-9-6-4-5-7-10-18/h8,11-16,18,31,33H,3-7,9-10H2,1-2H3,(H,29,30,34). The molecule has 0 bridgehead atoms. The number of ether oxygens (including phenoxy) is 1. The van der Waals surface area contributed by atoms with E-state index in [2.05, 4.69) is 9.71 Å². The highest BCUT2D eigenvalue weighted by atomic mass is 32.2. The quantitative estimate of drug-likeness (QED) is 0.290. The smallest absolute Gasteiger partial charge is 0.277 e. The summed E-state index contributed by atoms with van der Waals surface area (Å²) in [4.78, 5) is 20.7. The number of benzene rings is 2. The Labute approximate surface area is 220 Å². The number of rotatable bonds is 7. The van der Waals surface area contributed by atoms with Gasteiger partial charge in [0.05, 0.1) is 28.4 Å². The van der Waals surface area contributed by atoms with Crippen LogP contribution in [0.4, 0.5) is 5.69 Å². The van der Waals surface area contributed by atoms with Crippen LogP contribution in [0.2, 0.25) is 0 Å². The van der Waals surface area contributed by atoms with Crippen molar-refractivity contribution in [2.24, 2.45) is 0 Å². The number of aromatic amines is 1. The zero-order chi connectivity index (χ0) is 26.9. The van der Waals surface area contributed by atoms with E-state index in [0.717, 1.165) is 31.5 Å². The number of aromatic nitrogens is 4. The number of fused-ring (bicyclic) bond motifs is 1. The third kappa shape index (κ3) is 5.10. The molecule has 3 N–H and O–H groups in total. The van der Waals surface area contributed by atoms with E-state index < -0.39 is 10.0 Å². The molecule has 1 saturated carbocycles. The summed E-state index contributed by atoms with van der Waals surface area (Å²) in [6.07, 6.45) is 6.56. The second kappa shape index (κ2) is 10.5. The molecule has 2 aromatic carbocycles. The van der Waals surface area contributed by atoms with Gasteiger partial charge in [-0.3, -0.25) is 9.52 Å². The Morgan fingerprint density at radius 3 is 2.61 bits per heavy atom. The van der Waals surface area contributed by atoms with Crippen molar-refractivity contribution in [3.8, 4) is 22.9 Å². The van der Waals surface area contributed by atoms with Gasteiger partial charge < -0.3 is 14.8 Å². The number of aromatic hydroxyl groups is 1. The molecule has 2 aromatic heterocycles. The van der Waals surface area contributed by atoms with Gasteiger partial charge in [-0.15, -0.1) is 5.10 Å². The molecule has 200 valence electrons. The number of H-pyrrole nitrogens is 1. The van der Waals surface area contributed by atoms with Crippen molar-refractivity contribution in [3.05, 3.63) is 64.3 Å². The minimum atomic E-state index is -4.03. The molecule has 1 aliphatic carbocycles. The molecule has 38 heavy (non-hydrogen) atoms. The van der Waals surface area contributed by atoms with E-state index >= 15 is 0 Å². The van der Waals surface area contributed by atoms with Crippen LogP contribution in [0, 0.1) is 6.92 Å². The summed E-state index contributed by atoms with van der Waals surface area (Å²) < 4.78 is 36.3.